The molecule has 0 saturated heterocycles. The molecule has 0 aliphatic rings. The maximum atomic E-state index is 11.8. The van der Waals surface area contributed by atoms with Crippen LogP contribution in [0.2, 0.25) is 0 Å². The van der Waals surface area contributed by atoms with Crippen molar-refractivity contribution in [2.24, 2.45) is 11.7 Å². The Kier molecular flexibility index (Phi) is 5.51. The first-order valence-corrected chi connectivity index (χ1v) is 6.40. The molecule has 5 nitrogen and oxygen atoms in total. The molecule has 0 aliphatic carbocycles. The molecule has 0 saturated carbocycles. The summed E-state index contributed by atoms with van der Waals surface area (Å²) >= 11 is 0. The van der Waals surface area contributed by atoms with Gasteiger partial charge in [-0.3, -0.25) is 9.59 Å². The molecule has 0 heterocycles. The molecule has 5 heteroatoms. The molecule has 19 heavy (non-hydrogen) atoms. The predicted molar refractivity (Wildman–Crippen MR) is 76.8 cm³/mol. The molecule has 1 atom stereocenters. The van der Waals surface area contributed by atoms with Crippen molar-refractivity contribution in [3.63, 3.8) is 0 Å². The predicted octanol–water partition coefficient (Wildman–Crippen LogP) is 1.96. The third kappa shape index (κ3) is 4.71. The van der Waals surface area contributed by atoms with Gasteiger partial charge in [-0.05, 0) is 24.1 Å². The van der Waals surface area contributed by atoms with Crippen LogP contribution in [0, 0.1) is 5.92 Å². The van der Waals surface area contributed by atoms with Crippen molar-refractivity contribution < 1.29 is 9.59 Å². The molecule has 0 radical (unpaired) electrons. The van der Waals surface area contributed by atoms with Gasteiger partial charge in [-0.15, -0.1) is 0 Å². The number of carbonyl (C=O) groups excluding carboxylic acids is 2. The maximum absolute atomic E-state index is 11.8. The van der Waals surface area contributed by atoms with Crippen LogP contribution in [-0.4, -0.2) is 17.9 Å². The SMILES string of the molecule is CCC(=O)Nc1cccc(NC(=O)[C@H](N)C(C)C)c1. The molecule has 0 unspecified atom stereocenters. The number of anilines is 2. The fraction of sp³-hybridized carbons (Fsp3) is 0.429. The van der Waals surface area contributed by atoms with Gasteiger partial charge in [0.2, 0.25) is 11.8 Å². The van der Waals surface area contributed by atoms with Crippen LogP contribution in [0.1, 0.15) is 27.2 Å². The lowest BCUT2D eigenvalue weighted by Crippen LogP contribution is -2.39. The number of hydrogen-bond acceptors (Lipinski definition) is 3. The van der Waals surface area contributed by atoms with E-state index in [1.165, 1.54) is 0 Å². The Labute approximate surface area is 113 Å². The van der Waals surface area contributed by atoms with Crippen LogP contribution >= 0.6 is 0 Å². The Morgan fingerprint density at radius 2 is 1.79 bits per heavy atom. The molecule has 2 amide bonds. The summed E-state index contributed by atoms with van der Waals surface area (Å²) in [5, 5.41) is 5.48. The van der Waals surface area contributed by atoms with Gasteiger partial charge in [0, 0.05) is 17.8 Å². The fourth-order valence-corrected chi connectivity index (χ4v) is 1.45. The Bertz CT molecular complexity index is 458. The van der Waals surface area contributed by atoms with Gasteiger partial charge in [0.1, 0.15) is 0 Å². The molecule has 0 bridgehead atoms. The highest BCUT2D eigenvalue weighted by atomic mass is 16.2. The number of nitrogens with one attached hydrogen (secondary N) is 2. The van der Waals surface area contributed by atoms with Gasteiger partial charge in [-0.2, -0.15) is 0 Å². The molecule has 0 aliphatic heterocycles. The van der Waals surface area contributed by atoms with Gasteiger partial charge in [-0.25, -0.2) is 0 Å². The molecule has 0 spiro atoms. The minimum atomic E-state index is -0.547. The van der Waals surface area contributed by atoms with Crippen LogP contribution in [-0.2, 0) is 9.59 Å². The zero-order valence-electron chi connectivity index (χ0n) is 11.6. The van der Waals surface area contributed by atoms with Crippen LogP contribution in [0.5, 0.6) is 0 Å². The molecule has 1 aromatic rings. The van der Waals surface area contributed by atoms with Gasteiger partial charge in [0.25, 0.3) is 0 Å². The van der Waals surface area contributed by atoms with Crippen molar-refractivity contribution in [3.8, 4) is 0 Å². The van der Waals surface area contributed by atoms with E-state index in [1.54, 1.807) is 31.2 Å². The van der Waals surface area contributed by atoms with Crippen LogP contribution < -0.4 is 16.4 Å². The smallest absolute Gasteiger partial charge is 0.241 e. The van der Waals surface area contributed by atoms with Crippen molar-refractivity contribution in [1.29, 1.82) is 0 Å². The van der Waals surface area contributed by atoms with E-state index in [0.717, 1.165) is 0 Å². The van der Waals surface area contributed by atoms with Gasteiger partial charge in [-0.1, -0.05) is 26.8 Å². The number of carbonyl (C=O) groups is 2. The van der Waals surface area contributed by atoms with Crippen LogP contribution in [0.3, 0.4) is 0 Å². The van der Waals surface area contributed by atoms with Gasteiger partial charge >= 0.3 is 0 Å². The summed E-state index contributed by atoms with van der Waals surface area (Å²) in [5.41, 5.74) is 7.04. The number of rotatable bonds is 5. The van der Waals surface area contributed by atoms with E-state index >= 15 is 0 Å². The highest BCUT2D eigenvalue weighted by Gasteiger charge is 2.17. The molecule has 0 fully saturated rings. The van der Waals surface area contributed by atoms with E-state index in [-0.39, 0.29) is 17.7 Å². The lowest BCUT2D eigenvalue weighted by atomic mass is 10.0. The zero-order valence-corrected chi connectivity index (χ0v) is 11.6. The zero-order chi connectivity index (χ0) is 14.4. The Morgan fingerprint density at radius 1 is 1.21 bits per heavy atom. The quantitative estimate of drug-likeness (QED) is 0.759. The number of hydrogen-bond donors (Lipinski definition) is 3. The largest absolute Gasteiger partial charge is 0.326 e. The second-order valence-electron chi connectivity index (χ2n) is 4.74. The van der Waals surface area contributed by atoms with Gasteiger partial charge < -0.3 is 16.4 Å². The minimum Gasteiger partial charge on any atom is -0.326 e. The highest BCUT2D eigenvalue weighted by Crippen LogP contribution is 2.16. The molecular weight excluding hydrogens is 242 g/mol. The van der Waals surface area contributed by atoms with Crippen LogP contribution in [0.4, 0.5) is 11.4 Å². The van der Waals surface area contributed by atoms with Crippen LogP contribution in [0.25, 0.3) is 0 Å². The van der Waals surface area contributed by atoms with Crippen molar-refractivity contribution in [2.45, 2.75) is 33.2 Å². The molecule has 104 valence electrons. The van der Waals surface area contributed by atoms with Crippen molar-refractivity contribution in [1.82, 2.24) is 0 Å². The van der Waals surface area contributed by atoms with Crippen molar-refractivity contribution in [3.05, 3.63) is 24.3 Å². The summed E-state index contributed by atoms with van der Waals surface area (Å²) in [7, 11) is 0. The summed E-state index contributed by atoms with van der Waals surface area (Å²) < 4.78 is 0. The molecule has 1 rings (SSSR count). The van der Waals surface area contributed by atoms with E-state index in [0.29, 0.717) is 17.8 Å². The first-order chi connectivity index (χ1) is 8.93. The summed E-state index contributed by atoms with van der Waals surface area (Å²) in [4.78, 5) is 23.1. The minimum absolute atomic E-state index is 0.0673. The number of nitrogens with two attached hydrogens (primary N) is 1. The van der Waals surface area contributed by atoms with E-state index in [4.69, 9.17) is 5.73 Å². The third-order valence-electron chi connectivity index (χ3n) is 2.76. The monoisotopic (exact) mass is 263 g/mol. The van der Waals surface area contributed by atoms with E-state index in [9.17, 15) is 9.59 Å². The molecular formula is C14H21N3O2. The normalized spacial score (nSPS) is 12.1. The van der Waals surface area contributed by atoms with Crippen molar-refractivity contribution in [2.75, 3.05) is 10.6 Å². The molecule has 4 N–H and O–H groups in total. The van der Waals surface area contributed by atoms with Crippen molar-refractivity contribution >= 4 is 23.2 Å². The van der Waals surface area contributed by atoms with Gasteiger partial charge in [0.15, 0.2) is 0 Å². The summed E-state index contributed by atoms with van der Waals surface area (Å²) in [6.07, 6.45) is 0.412. The lowest BCUT2D eigenvalue weighted by molar-refractivity contribution is -0.118. The maximum Gasteiger partial charge on any atom is 0.241 e. The van der Waals surface area contributed by atoms with E-state index in [2.05, 4.69) is 10.6 Å². The summed E-state index contributed by atoms with van der Waals surface area (Å²) in [6.45, 7) is 5.56. The highest BCUT2D eigenvalue weighted by molar-refractivity contribution is 5.96. The second kappa shape index (κ2) is 6.89. The average Bonchev–Trinajstić information content (AvgIpc) is 2.37. The first kappa shape index (κ1) is 15.2. The Balaban J connectivity index is 2.72. The standard InChI is InChI=1S/C14H21N3O2/c1-4-12(18)16-10-6-5-7-11(8-10)17-14(19)13(15)9(2)3/h5-9,13H,4,15H2,1-3H3,(H,16,18)(H,17,19)/t13-/m1/s1. The third-order valence-corrected chi connectivity index (χ3v) is 2.76. The Morgan fingerprint density at radius 3 is 2.32 bits per heavy atom. The van der Waals surface area contributed by atoms with E-state index in [1.807, 2.05) is 13.8 Å². The second-order valence-corrected chi connectivity index (χ2v) is 4.74. The first-order valence-electron chi connectivity index (χ1n) is 6.40. The average molecular weight is 263 g/mol. The fourth-order valence-electron chi connectivity index (χ4n) is 1.45. The number of benzene rings is 1. The van der Waals surface area contributed by atoms with E-state index < -0.39 is 6.04 Å². The van der Waals surface area contributed by atoms with Gasteiger partial charge in [0.05, 0.1) is 6.04 Å². The molecule has 1 aromatic carbocycles. The summed E-state index contributed by atoms with van der Waals surface area (Å²) in [6, 6.07) is 6.45. The lowest BCUT2D eigenvalue weighted by Gasteiger charge is -2.15. The summed E-state index contributed by atoms with van der Waals surface area (Å²) in [5.74, 6) is -0.223. The van der Waals surface area contributed by atoms with Crippen LogP contribution in [0.15, 0.2) is 24.3 Å². The number of amides is 2. The topological polar surface area (TPSA) is 84.2 Å². The Hall–Kier alpha value is -1.88. The molecule has 0 aromatic heterocycles.